The third kappa shape index (κ3) is 4.04. The van der Waals surface area contributed by atoms with Gasteiger partial charge in [0.15, 0.2) is 12.3 Å². The monoisotopic (exact) mass is 343 g/mol. The van der Waals surface area contributed by atoms with Crippen LogP contribution in [-0.2, 0) is 16.1 Å². The fourth-order valence-electron chi connectivity index (χ4n) is 2.55. The van der Waals surface area contributed by atoms with Gasteiger partial charge in [-0.3, -0.25) is 9.59 Å². The molecule has 1 heterocycles. The molecule has 0 atom stereocenters. The van der Waals surface area contributed by atoms with Crippen LogP contribution in [0.3, 0.4) is 0 Å². The quantitative estimate of drug-likeness (QED) is 0.803. The van der Waals surface area contributed by atoms with Gasteiger partial charge in [-0.15, -0.1) is 0 Å². The number of carbonyl (C=O) groups excluding carboxylic acids is 2. The standard InChI is InChI=1S/C18H21N3O4/c1-11(2)9-21-17(23)14-6-4-3-5-13(14)16(20-21)18(24)25-10-15(22)19-12-7-8-12/h3-6,11-12H,7-10H2,1-2H3,(H,19,22). The molecule has 2 aromatic rings. The topological polar surface area (TPSA) is 90.3 Å². The highest BCUT2D eigenvalue weighted by molar-refractivity contribution is 6.02. The van der Waals surface area contributed by atoms with Crippen LogP contribution >= 0.6 is 0 Å². The molecule has 0 aliphatic heterocycles. The SMILES string of the molecule is CC(C)Cn1nc(C(=O)OCC(=O)NC2CC2)c2ccccc2c1=O. The zero-order chi connectivity index (χ0) is 18.0. The molecule has 1 aromatic heterocycles. The van der Waals surface area contributed by atoms with Crippen molar-refractivity contribution in [2.24, 2.45) is 5.92 Å². The van der Waals surface area contributed by atoms with Gasteiger partial charge in [-0.05, 0) is 24.8 Å². The molecule has 1 N–H and O–H groups in total. The van der Waals surface area contributed by atoms with Gasteiger partial charge in [0, 0.05) is 18.0 Å². The van der Waals surface area contributed by atoms with Crippen molar-refractivity contribution in [3.63, 3.8) is 0 Å². The maximum Gasteiger partial charge on any atom is 0.359 e. The highest BCUT2D eigenvalue weighted by atomic mass is 16.5. The average Bonchev–Trinajstić information content (AvgIpc) is 3.39. The Morgan fingerprint density at radius 3 is 2.60 bits per heavy atom. The number of carbonyl (C=O) groups is 2. The maximum absolute atomic E-state index is 12.5. The number of aromatic nitrogens is 2. The molecule has 0 saturated heterocycles. The third-order valence-electron chi connectivity index (χ3n) is 3.88. The van der Waals surface area contributed by atoms with Crippen LogP contribution in [0.5, 0.6) is 0 Å². The van der Waals surface area contributed by atoms with Gasteiger partial charge in [-0.2, -0.15) is 5.10 Å². The number of ether oxygens (including phenoxy) is 1. The molecule has 1 saturated carbocycles. The van der Waals surface area contributed by atoms with Crippen molar-refractivity contribution in [3.05, 3.63) is 40.3 Å². The summed E-state index contributed by atoms with van der Waals surface area (Å²) in [4.78, 5) is 36.6. The largest absolute Gasteiger partial charge is 0.451 e. The molecule has 0 radical (unpaired) electrons. The zero-order valence-corrected chi connectivity index (χ0v) is 14.3. The summed E-state index contributed by atoms with van der Waals surface area (Å²) in [5.41, 5.74) is -0.192. The van der Waals surface area contributed by atoms with Crippen molar-refractivity contribution in [1.29, 1.82) is 0 Å². The van der Waals surface area contributed by atoms with E-state index in [1.807, 2.05) is 13.8 Å². The van der Waals surface area contributed by atoms with Gasteiger partial charge in [0.2, 0.25) is 0 Å². The number of hydrogen-bond donors (Lipinski definition) is 1. The van der Waals surface area contributed by atoms with Crippen LogP contribution in [-0.4, -0.2) is 34.3 Å². The second-order valence-electron chi connectivity index (χ2n) is 6.69. The van der Waals surface area contributed by atoms with Crippen molar-refractivity contribution >= 4 is 22.6 Å². The molecule has 132 valence electrons. The molecule has 1 aromatic carbocycles. The smallest absolute Gasteiger partial charge is 0.359 e. The molecule has 25 heavy (non-hydrogen) atoms. The van der Waals surface area contributed by atoms with Crippen molar-refractivity contribution in [2.45, 2.75) is 39.3 Å². The van der Waals surface area contributed by atoms with Crippen molar-refractivity contribution in [3.8, 4) is 0 Å². The van der Waals surface area contributed by atoms with Gasteiger partial charge in [0.05, 0.1) is 5.39 Å². The molecule has 1 amide bonds. The lowest BCUT2D eigenvalue weighted by atomic mass is 10.1. The lowest BCUT2D eigenvalue weighted by molar-refractivity contribution is -0.124. The van der Waals surface area contributed by atoms with Crippen LogP contribution in [0, 0.1) is 5.92 Å². The van der Waals surface area contributed by atoms with E-state index < -0.39 is 5.97 Å². The van der Waals surface area contributed by atoms with Crippen LogP contribution in [0.4, 0.5) is 0 Å². The Hall–Kier alpha value is -2.70. The molecule has 0 bridgehead atoms. The summed E-state index contributed by atoms with van der Waals surface area (Å²) >= 11 is 0. The first-order chi connectivity index (χ1) is 12.0. The van der Waals surface area contributed by atoms with Gasteiger partial charge in [0.25, 0.3) is 11.5 Å². The van der Waals surface area contributed by atoms with E-state index in [2.05, 4.69) is 10.4 Å². The number of nitrogens with zero attached hydrogens (tertiary/aromatic N) is 2. The lowest BCUT2D eigenvalue weighted by Gasteiger charge is -2.12. The molecule has 7 heteroatoms. The van der Waals surface area contributed by atoms with Crippen LogP contribution in [0.15, 0.2) is 29.1 Å². The summed E-state index contributed by atoms with van der Waals surface area (Å²) in [6, 6.07) is 6.99. The molecule has 3 rings (SSSR count). The molecule has 7 nitrogen and oxygen atoms in total. The van der Waals surface area contributed by atoms with Gasteiger partial charge in [-0.1, -0.05) is 32.0 Å². The first-order valence-corrected chi connectivity index (χ1v) is 8.42. The lowest BCUT2D eigenvalue weighted by Crippen LogP contribution is -2.32. The zero-order valence-electron chi connectivity index (χ0n) is 14.3. The molecule has 1 aliphatic rings. The minimum atomic E-state index is -0.709. The Labute approximate surface area is 145 Å². The fraction of sp³-hybridized carbons (Fsp3) is 0.444. The van der Waals surface area contributed by atoms with Gasteiger partial charge in [-0.25, -0.2) is 9.48 Å². The van der Waals surface area contributed by atoms with Crippen LogP contribution < -0.4 is 10.9 Å². The highest BCUT2D eigenvalue weighted by Crippen LogP contribution is 2.18. The van der Waals surface area contributed by atoms with Crippen LogP contribution in [0.2, 0.25) is 0 Å². The predicted octanol–water partition coefficient (Wildman–Crippen LogP) is 1.49. The van der Waals surface area contributed by atoms with E-state index in [4.69, 9.17) is 4.74 Å². The normalized spacial score (nSPS) is 13.9. The van der Waals surface area contributed by atoms with Crippen molar-refractivity contribution < 1.29 is 14.3 Å². The summed E-state index contributed by atoms with van der Waals surface area (Å²) in [7, 11) is 0. The molecular formula is C18H21N3O4. The second-order valence-corrected chi connectivity index (χ2v) is 6.69. The minimum Gasteiger partial charge on any atom is -0.451 e. The summed E-state index contributed by atoms with van der Waals surface area (Å²) in [5, 5.41) is 7.78. The Morgan fingerprint density at radius 1 is 1.28 bits per heavy atom. The van der Waals surface area contributed by atoms with Gasteiger partial charge < -0.3 is 10.1 Å². The molecule has 1 fully saturated rings. The minimum absolute atomic E-state index is 0.0510. The molecule has 0 unspecified atom stereocenters. The number of amides is 1. The Morgan fingerprint density at radius 2 is 1.96 bits per heavy atom. The summed E-state index contributed by atoms with van der Waals surface area (Å²) < 4.78 is 6.38. The van der Waals surface area contributed by atoms with E-state index in [1.54, 1.807) is 24.3 Å². The number of nitrogens with one attached hydrogen (secondary N) is 1. The average molecular weight is 343 g/mol. The predicted molar refractivity (Wildman–Crippen MR) is 92.3 cm³/mol. The number of esters is 1. The third-order valence-corrected chi connectivity index (χ3v) is 3.88. The van der Waals surface area contributed by atoms with Gasteiger partial charge >= 0.3 is 5.97 Å². The Bertz CT molecular complexity index is 868. The van der Waals surface area contributed by atoms with Gasteiger partial charge in [0.1, 0.15) is 0 Å². The maximum atomic E-state index is 12.5. The van der Waals surface area contributed by atoms with Crippen molar-refractivity contribution in [1.82, 2.24) is 15.1 Å². The number of rotatable bonds is 6. The van der Waals surface area contributed by atoms with Crippen molar-refractivity contribution in [2.75, 3.05) is 6.61 Å². The first-order valence-electron chi connectivity index (χ1n) is 8.42. The molecular weight excluding hydrogens is 322 g/mol. The number of benzene rings is 1. The van der Waals surface area contributed by atoms with E-state index in [9.17, 15) is 14.4 Å². The van der Waals surface area contributed by atoms with E-state index in [1.165, 1.54) is 4.68 Å². The highest BCUT2D eigenvalue weighted by Gasteiger charge is 2.24. The van der Waals surface area contributed by atoms with E-state index in [0.717, 1.165) is 12.8 Å². The first kappa shape index (κ1) is 17.1. The van der Waals surface area contributed by atoms with Crippen LogP contribution in [0.1, 0.15) is 37.2 Å². The number of fused-ring (bicyclic) bond motifs is 1. The fourth-order valence-corrected chi connectivity index (χ4v) is 2.55. The van der Waals surface area contributed by atoms with E-state index in [0.29, 0.717) is 17.3 Å². The second kappa shape index (κ2) is 7.04. The van der Waals surface area contributed by atoms with E-state index >= 15 is 0 Å². The molecule has 1 aliphatic carbocycles. The summed E-state index contributed by atoms with van der Waals surface area (Å²) in [5.74, 6) is -0.838. The van der Waals surface area contributed by atoms with E-state index in [-0.39, 0.29) is 35.7 Å². The Kier molecular flexibility index (Phi) is 4.83. The Balaban J connectivity index is 1.87. The number of hydrogen-bond acceptors (Lipinski definition) is 5. The summed E-state index contributed by atoms with van der Waals surface area (Å²) in [6.45, 7) is 3.97. The van der Waals surface area contributed by atoms with Crippen LogP contribution in [0.25, 0.3) is 10.8 Å². The summed E-state index contributed by atoms with van der Waals surface area (Å²) in [6.07, 6.45) is 1.93. The molecule has 0 spiro atoms.